The summed E-state index contributed by atoms with van der Waals surface area (Å²) in [5.74, 6) is 1.51. The van der Waals surface area contributed by atoms with E-state index in [1.54, 1.807) is 25.3 Å². The monoisotopic (exact) mass is 307 g/mol. The molecule has 2 rings (SSSR count). The van der Waals surface area contributed by atoms with Gasteiger partial charge >= 0.3 is 0 Å². The third-order valence-corrected chi connectivity index (χ3v) is 3.24. The van der Waals surface area contributed by atoms with Gasteiger partial charge in [0.05, 0.1) is 17.9 Å². The number of para-hydroxylation sites is 1. The number of nitro groups is 1. The molecule has 5 nitrogen and oxygen atoms in total. The number of non-ortho nitro benzene ring substituents is 1. The van der Waals surface area contributed by atoms with E-state index in [2.05, 4.69) is 0 Å². The van der Waals surface area contributed by atoms with Crippen LogP contribution in [0.4, 0.5) is 5.69 Å². The van der Waals surface area contributed by atoms with Crippen molar-refractivity contribution in [2.75, 3.05) is 7.11 Å². The second-order valence-electron chi connectivity index (χ2n) is 4.29. The van der Waals surface area contributed by atoms with Gasteiger partial charge in [-0.15, -0.1) is 11.6 Å². The van der Waals surface area contributed by atoms with Gasteiger partial charge in [-0.05, 0) is 23.8 Å². The topological polar surface area (TPSA) is 61.6 Å². The summed E-state index contributed by atoms with van der Waals surface area (Å²) >= 11 is 5.89. The Labute approximate surface area is 127 Å². The molecular weight excluding hydrogens is 294 g/mol. The highest BCUT2D eigenvalue weighted by Gasteiger charge is 2.10. The predicted octanol–water partition coefficient (Wildman–Crippen LogP) is 3.92. The highest BCUT2D eigenvalue weighted by Crippen LogP contribution is 2.32. The van der Waals surface area contributed by atoms with Crippen LogP contribution < -0.4 is 9.47 Å². The van der Waals surface area contributed by atoms with Gasteiger partial charge in [-0.2, -0.15) is 0 Å². The Balaban J connectivity index is 2.14. The average Bonchev–Trinajstić information content (AvgIpc) is 2.52. The van der Waals surface area contributed by atoms with Gasteiger partial charge in [0, 0.05) is 17.7 Å². The molecule has 110 valence electrons. The normalized spacial score (nSPS) is 10.2. The first kappa shape index (κ1) is 15.1. The fourth-order valence-corrected chi connectivity index (χ4v) is 2.07. The van der Waals surface area contributed by atoms with E-state index >= 15 is 0 Å². The molecule has 0 heterocycles. The van der Waals surface area contributed by atoms with E-state index in [4.69, 9.17) is 21.1 Å². The van der Waals surface area contributed by atoms with Crippen molar-refractivity contribution < 1.29 is 14.4 Å². The zero-order valence-electron chi connectivity index (χ0n) is 11.4. The summed E-state index contributed by atoms with van der Waals surface area (Å²) in [5.41, 5.74) is 1.71. The van der Waals surface area contributed by atoms with E-state index in [1.165, 1.54) is 12.1 Å². The zero-order chi connectivity index (χ0) is 15.2. The summed E-state index contributed by atoms with van der Waals surface area (Å²) in [4.78, 5) is 10.2. The van der Waals surface area contributed by atoms with Gasteiger partial charge in [-0.3, -0.25) is 10.1 Å². The van der Waals surface area contributed by atoms with Crippen LogP contribution in [-0.2, 0) is 12.5 Å². The number of halogens is 1. The fraction of sp³-hybridized carbons (Fsp3) is 0.200. The molecular formula is C15H14ClNO4. The molecule has 0 unspecified atom stereocenters. The van der Waals surface area contributed by atoms with E-state index in [-0.39, 0.29) is 12.3 Å². The minimum absolute atomic E-state index is 0.0532. The Morgan fingerprint density at radius 2 is 1.90 bits per heavy atom. The van der Waals surface area contributed by atoms with Crippen molar-refractivity contribution in [2.24, 2.45) is 0 Å². The molecule has 6 heteroatoms. The van der Waals surface area contributed by atoms with Crippen molar-refractivity contribution in [3.63, 3.8) is 0 Å². The van der Waals surface area contributed by atoms with Crippen LogP contribution >= 0.6 is 11.6 Å². The van der Waals surface area contributed by atoms with Crippen molar-refractivity contribution in [1.82, 2.24) is 0 Å². The van der Waals surface area contributed by atoms with Crippen LogP contribution in [0.25, 0.3) is 0 Å². The molecule has 0 saturated carbocycles. The molecule has 0 aliphatic heterocycles. The molecule has 2 aromatic rings. The Hall–Kier alpha value is -2.27. The van der Waals surface area contributed by atoms with Crippen LogP contribution in [0.5, 0.6) is 11.5 Å². The number of methoxy groups -OCH3 is 1. The summed E-state index contributed by atoms with van der Waals surface area (Å²) in [6.07, 6.45) is 0. The lowest BCUT2D eigenvalue weighted by Gasteiger charge is -2.13. The van der Waals surface area contributed by atoms with Gasteiger partial charge in [0.15, 0.2) is 11.5 Å². The third-order valence-electron chi connectivity index (χ3n) is 2.95. The maximum atomic E-state index is 10.6. The maximum Gasteiger partial charge on any atom is 0.269 e. The molecule has 0 aliphatic carbocycles. The molecule has 0 fully saturated rings. The van der Waals surface area contributed by atoms with E-state index < -0.39 is 4.92 Å². The molecule has 21 heavy (non-hydrogen) atoms. The van der Waals surface area contributed by atoms with E-state index in [0.717, 1.165) is 11.1 Å². The number of rotatable bonds is 6. The van der Waals surface area contributed by atoms with Crippen molar-refractivity contribution >= 4 is 17.3 Å². The van der Waals surface area contributed by atoms with Gasteiger partial charge in [0.25, 0.3) is 5.69 Å². The SMILES string of the molecule is COc1cccc(CCl)c1OCc1ccc([N+](=O)[O-])cc1. The molecule has 0 aromatic heterocycles. The van der Waals surface area contributed by atoms with Crippen molar-refractivity contribution in [1.29, 1.82) is 0 Å². The summed E-state index contributed by atoms with van der Waals surface area (Å²) in [5, 5.41) is 10.6. The van der Waals surface area contributed by atoms with Crippen LogP contribution in [0.3, 0.4) is 0 Å². The van der Waals surface area contributed by atoms with Crippen molar-refractivity contribution in [2.45, 2.75) is 12.5 Å². The second-order valence-corrected chi connectivity index (χ2v) is 4.56. The second kappa shape index (κ2) is 6.95. The standard InChI is InChI=1S/C15H14ClNO4/c1-20-14-4-2-3-12(9-16)15(14)21-10-11-5-7-13(8-6-11)17(18)19/h2-8H,9-10H2,1H3. The van der Waals surface area contributed by atoms with Gasteiger partial charge in [-0.1, -0.05) is 12.1 Å². The number of alkyl halides is 1. The first-order valence-corrected chi connectivity index (χ1v) is 6.77. The smallest absolute Gasteiger partial charge is 0.269 e. The summed E-state index contributed by atoms with van der Waals surface area (Å²) in [7, 11) is 1.56. The van der Waals surface area contributed by atoms with Gasteiger partial charge in [-0.25, -0.2) is 0 Å². The predicted molar refractivity (Wildman–Crippen MR) is 80.0 cm³/mol. The molecule has 0 N–H and O–H groups in total. The summed E-state index contributed by atoms with van der Waals surface area (Å²) < 4.78 is 11.0. The van der Waals surface area contributed by atoms with Gasteiger partial charge in [0.2, 0.25) is 0 Å². The zero-order valence-corrected chi connectivity index (χ0v) is 12.2. The number of hydrogen-bond acceptors (Lipinski definition) is 4. The lowest BCUT2D eigenvalue weighted by atomic mass is 10.2. The Morgan fingerprint density at radius 3 is 2.48 bits per heavy atom. The molecule has 0 radical (unpaired) electrons. The minimum Gasteiger partial charge on any atom is -0.493 e. The number of benzene rings is 2. The Bertz CT molecular complexity index is 606. The minimum atomic E-state index is -0.434. The summed E-state index contributed by atoms with van der Waals surface area (Å²) in [6, 6.07) is 11.7. The molecule has 0 aliphatic rings. The van der Waals surface area contributed by atoms with Crippen LogP contribution in [0, 0.1) is 10.1 Å². The maximum absolute atomic E-state index is 10.6. The quantitative estimate of drug-likeness (QED) is 0.461. The number of nitro benzene ring substituents is 1. The molecule has 0 amide bonds. The largest absolute Gasteiger partial charge is 0.493 e. The van der Waals surface area contributed by atoms with Crippen LogP contribution in [0.2, 0.25) is 0 Å². The number of nitrogens with zero attached hydrogens (tertiary/aromatic N) is 1. The van der Waals surface area contributed by atoms with Crippen LogP contribution in [-0.4, -0.2) is 12.0 Å². The Kier molecular flexibility index (Phi) is 5.00. The van der Waals surface area contributed by atoms with Crippen molar-refractivity contribution in [3.8, 4) is 11.5 Å². The van der Waals surface area contributed by atoms with Gasteiger partial charge < -0.3 is 9.47 Å². The van der Waals surface area contributed by atoms with E-state index in [0.29, 0.717) is 17.4 Å². The van der Waals surface area contributed by atoms with Gasteiger partial charge in [0.1, 0.15) is 6.61 Å². The van der Waals surface area contributed by atoms with Crippen LogP contribution in [0.15, 0.2) is 42.5 Å². The third kappa shape index (κ3) is 3.64. The van der Waals surface area contributed by atoms with Crippen molar-refractivity contribution in [3.05, 3.63) is 63.7 Å². The molecule has 0 saturated heterocycles. The highest BCUT2D eigenvalue weighted by molar-refractivity contribution is 6.17. The summed E-state index contributed by atoms with van der Waals surface area (Å²) in [6.45, 7) is 0.280. The van der Waals surface area contributed by atoms with E-state index in [9.17, 15) is 10.1 Å². The fourth-order valence-electron chi connectivity index (χ4n) is 1.86. The average molecular weight is 308 g/mol. The molecule has 0 atom stereocenters. The first-order chi connectivity index (χ1) is 10.2. The lowest BCUT2D eigenvalue weighted by Crippen LogP contribution is -2.00. The number of ether oxygens (including phenoxy) is 2. The first-order valence-electron chi connectivity index (χ1n) is 6.23. The number of hydrogen-bond donors (Lipinski definition) is 0. The molecule has 2 aromatic carbocycles. The van der Waals surface area contributed by atoms with Crippen LogP contribution in [0.1, 0.15) is 11.1 Å². The Morgan fingerprint density at radius 1 is 1.19 bits per heavy atom. The molecule has 0 spiro atoms. The highest BCUT2D eigenvalue weighted by atomic mass is 35.5. The lowest BCUT2D eigenvalue weighted by molar-refractivity contribution is -0.384. The molecule has 0 bridgehead atoms. The van der Waals surface area contributed by atoms with E-state index in [1.807, 2.05) is 12.1 Å².